The molecule has 0 saturated carbocycles. The summed E-state index contributed by atoms with van der Waals surface area (Å²) >= 11 is 0. The number of rotatable bonds is 1. The van der Waals surface area contributed by atoms with Crippen LogP contribution in [0.4, 0.5) is 0 Å². The third-order valence-electron chi connectivity index (χ3n) is 0.807. The van der Waals surface area contributed by atoms with Crippen molar-refractivity contribution in [2.24, 2.45) is 0 Å². The summed E-state index contributed by atoms with van der Waals surface area (Å²) in [4.78, 5) is 10.9. The molecule has 12 heavy (non-hydrogen) atoms. The molecule has 2 nitrogen and oxygen atoms in total. The Labute approximate surface area is 98.0 Å². The van der Waals surface area contributed by atoms with Gasteiger partial charge in [0.05, 0.1) is 0 Å². The first kappa shape index (κ1) is 18.3. The fourth-order valence-electron chi connectivity index (χ4n) is 0.380. The predicted molar refractivity (Wildman–Crippen MR) is 40.4 cm³/mol. The fourth-order valence-corrected chi connectivity index (χ4v) is 0.380. The molecule has 0 bridgehead atoms. The molecule has 0 aliphatic carbocycles. The molecule has 0 amide bonds. The molecule has 0 fully saturated rings. The quantitative estimate of drug-likeness (QED) is 0.349. The first-order chi connectivity index (χ1) is 4.33. The van der Waals surface area contributed by atoms with Gasteiger partial charge in [0, 0.05) is 0 Å². The molecule has 0 aromatic rings. The minimum absolute atomic E-state index is 0. The van der Waals surface area contributed by atoms with Gasteiger partial charge < -0.3 is 21.7 Å². The van der Waals surface area contributed by atoms with Crippen LogP contribution in [0.3, 0.4) is 0 Å². The first-order valence-corrected chi connectivity index (χ1v) is 3.36. The van der Waals surface area contributed by atoms with Crippen LogP contribution in [-0.4, -0.2) is 11.6 Å². The molecule has 0 saturated heterocycles. The van der Waals surface area contributed by atoms with Crippen LogP contribution in [0.1, 0.15) is 34.6 Å². The van der Waals surface area contributed by atoms with Crippen molar-refractivity contribution in [3.8, 4) is 0 Å². The van der Waals surface area contributed by atoms with E-state index in [1.807, 2.05) is 20.8 Å². The first-order valence-electron chi connectivity index (χ1n) is 3.36. The zero-order valence-electron chi connectivity index (χ0n) is 8.40. The van der Waals surface area contributed by atoms with E-state index in [4.69, 9.17) is 4.74 Å². The molecule has 0 atom stereocenters. The molecular formula is C8H15BrO2Zn. The Balaban J connectivity index is -0.000000405. The second-order valence-electron chi connectivity index (χ2n) is 3.50. The van der Waals surface area contributed by atoms with E-state index in [1.165, 1.54) is 0 Å². The molecule has 0 aromatic heterocycles. The van der Waals surface area contributed by atoms with Gasteiger partial charge >= 0.3 is 19.5 Å². The Hall–Kier alpha value is 0.443. The fraction of sp³-hybridized carbons (Fsp3) is 0.750. The molecule has 4 heteroatoms. The molecule has 0 rings (SSSR count). The Bertz CT molecular complexity index is 130. The van der Waals surface area contributed by atoms with E-state index in [0.29, 0.717) is 5.92 Å². The summed E-state index contributed by atoms with van der Waals surface area (Å²) in [5.74, 6) is 0.474. The molecule has 0 radical (unpaired) electrons. The topological polar surface area (TPSA) is 26.3 Å². The second-order valence-corrected chi connectivity index (χ2v) is 3.50. The van der Waals surface area contributed by atoms with Gasteiger partial charge in [-0.15, -0.1) is 0 Å². The van der Waals surface area contributed by atoms with Crippen LogP contribution >= 0.6 is 0 Å². The number of carbonyl (C=O) groups is 1. The SMILES string of the molecule is C[C-](C)C(=O)OC(C)(C)C.[Br-].[Zn+2]. The minimum Gasteiger partial charge on any atom is -1.00 e. The molecule has 0 heterocycles. The molecule has 68 valence electrons. The average molecular weight is 288 g/mol. The van der Waals surface area contributed by atoms with E-state index in [9.17, 15) is 4.79 Å². The molecular weight excluding hydrogens is 273 g/mol. The minimum atomic E-state index is -0.367. The van der Waals surface area contributed by atoms with Gasteiger partial charge in [-0.3, -0.25) is 10.7 Å². The standard InChI is InChI=1S/C8H15O2.BrH.Zn/c1-6(2)7(9)10-8(3,4)5;;/h1-5H3;1H;/q-1;;+2/p-1. The van der Waals surface area contributed by atoms with Gasteiger partial charge in [-0.05, 0) is 20.8 Å². The summed E-state index contributed by atoms with van der Waals surface area (Å²) in [5, 5.41) is 0. The van der Waals surface area contributed by atoms with Gasteiger partial charge in [0.2, 0.25) is 0 Å². The van der Waals surface area contributed by atoms with E-state index in [-0.39, 0.29) is 48.0 Å². The van der Waals surface area contributed by atoms with Gasteiger partial charge in [0.25, 0.3) is 0 Å². The van der Waals surface area contributed by atoms with Gasteiger partial charge in [-0.1, -0.05) is 0 Å². The van der Waals surface area contributed by atoms with Crippen molar-refractivity contribution in [2.75, 3.05) is 0 Å². The van der Waals surface area contributed by atoms with E-state index in [0.717, 1.165) is 0 Å². The average Bonchev–Trinajstić information content (AvgIpc) is 1.60. The number of hydrogen-bond donors (Lipinski definition) is 0. The molecule has 0 aromatic carbocycles. The van der Waals surface area contributed by atoms with Crippen LogP contribution in [0.25, 0.3) is 0 Å². The number of ether oxygens (including phenoxy) is 1. The van der Waals surface area contributed by atoms with Crippen LogP contribution in [-0.2, 0) is 29.0 Å². The number of halogens is 1. The summed E-state index contributed by atoms with van der Waals surface area (Å²) in [7, 11) is 0. The van der Waals surface area contributed by atoms with Gasteiger partial charge in [-0.2, -0.15) is 13.8 Å². The van der Waals surface area contributed by atoms with Crippen LogP contribution in [0.2, 0.25) is 0 Å². The van der Waals surface area contributed by atoms with Gasteiger partial charge in [0.1, 0.15) is 5.60 Å². The summed E-state index contributed by atoms with van der Waals surface area (Å²) in [5.41, 5.74) is -0.367. The Kier molecular flexibility index (Phi) is 10.5. The third-order valence-corrected chi connectivity index (χ3v) is 0.807. The maximum absolute atomic E-state index is 10.9. The van der Waals surface area contributed by atoms with E-state index < -0.39 is 0 Å². The molecule has 0 aliphatic heterocycles. The van der Waals surface area contributed by atoms with Crippen LogP contribution < -0.4 is 17.0 Å². The van der Waals surface area contributed by atoms with Gasteiger partial charge in [0.15, 0.2) is 5.97 Å². The number of carbonyl (C=O) groups excluding carboxylic acids is 1. The third kappa shape index (κ3) is 10.4. The van der Waals surface area contributed by atoms with Crippen molar-refractivity contribution in [1.29, 1.82) is 0 Å². The largest absolute Gasteiger partial charge is 2.00 e. The Morgan fingerprint density at radius 1 is 1.25 bits per heavy atom. The van der Waals surface area contributed by atoms with E-state index in [1.54, 1.807) is 13.8 Å². The van der Waals surface area contributed by atoms with Crippen LogP contribution in [0, 0.1) is 5.92 Å². The maximum Gasteiger partial charge on any atom is 2.00 e. The maximum atomic E-state index is 10.9. The molecule has 0 aliphatic rings. The normalized spacial score (nSPS) is 9.08. The van der Waals surface area contributed by atoms with E-state index >= 15 is 0 Å². The Morgan fingerprint density at radius 3 is 1.67 bits per heavy atom. The van der Waals surface area contributed by atoms with E-state index in [2.05, 4.69) is 0 Å². The van der Waals surface area contributed by atoms with Crippen molar-refractivity contribution in [1.82, 2.24) is 0 Å². The summed E-state index contributed by atoms with van der Waals surface area (Å²) in [6.45, 7) is 9.05. The monoisotopic (exact) mass is 286 g/mol. The van der Waals surface area contributed by atoms with Crippen molar-refractivity contribution >= 4 is 5.97 Å². The van der Waals surface area contributed by atoms with Crippen LogP contribution in [0.5, 0.6) is 0 Å². The summed E-state index contributed by atoms with van der Waals surface area (Å²) < 4.78 is 5.02. The smallest absolute Gasteiger partial charge is 1.00 e. The summed E-state index contributed by atoms with van der Waals surface area (Å²) in [6.07, 6.45) is 0. The van der Waals surface area contributed by atoms with Crippen molar-refractivity contribution < 1.29 is 46.0 Å². The van der Waals surface area contributed by atoms with Crippen molar-refractivity contribution in [3.05, 3.63) is 5.92 Å². The van der Waals surface area contributed by atoms with Crippen molar-refractivity contribution in [2.45, 2.75) is 40.2 Å². The summed E-state index contributed by atoms with van der Waals surface area (Å²) in [6, 6.07) is 0. The zero-order chi connectivity index (χ0) is 8.36. The van der Waals surface area contributed by atoms with Crippen LogP contribution in [0.15, 0.2) is 0 Å². The number of hydrogen-bond acceptors (Lipinski definition) is 2. The molecule has 0 spiro atoms. The molecule has 0 unspecified atom stereocenters. The second kappa shape index (κ2) is 6.91. The zero-order valence-corrected chi connectivity index (χ0v) is 13.0. The Morgan fingerprint density at radius 2 is 1.58 bits per heavy atom. The predicted octanol–water partition coefficient (Wildman–Crippen LogP) is -1.06. The number of esters is 1. The van der Waals surface area contributed by atoms with Crippen molar-refractivity contribution in [3.63, 3.8) is 0 Å². The molecule has 0 N–H and O–H groups in total. The van der Waals surface area contributed by atoms with Gasteiger partial charge in [-0.25, -0.2) is 0 Å².